The van der Waals surface area contributed by atoms with Crippen LogP contribution in [0, 0.1) is 13.8 Å². The van der Waals surface area contributed by atoms with E-state index >= 15 is 0 Å². The van der Waals surface area contributed by atoms with Crippen molar-refractivity contribution in [3.63, 3.8) is 0 Å². The van der Waals surface area contributed by atoms with Gasteiger partial charge in [0.2, 0.25) is 0 Å². The van der Waals surface area contributed by atoms with Crippen molar-refractivity contribution in [2.75, 3.05) is 26.2 Å². The molecule has 0 spiro atoms. The zero-order valence-electron chi connectivity index (χ0n) is 26.2. The zero-order chi connectivity index (χ0) is 34.8. The maximum absolute atomic E-state index is 13.5. The number of carboxylic acids is 4. The largest absolute Gasteiger partial charge is 1.00 e. The van der Waals surface area contributed by atoms with Crippen LogP contribution < -0.4 is 29.6 Å². The molecule has 0 amide bonds. The molecule has 0 atom stereocenters. The van der Waals surface area contributed by atoms with Crippen molar-refractivity contribution in [2.24, 2.45) is 0 Å². The minimum Gasteiger partial charge on any atom is -0.507 e. The van der Waals surface area contributed by atoms with E-state index in [-0.39, 0.29) is 98.0 Å². The molecule has 3 aromatic rings. The number of hydrogen-bond donors (Lipinski definition) is 6. The molecule has 0 saturated heterocycles. The molecule has 1 heterocycles. The van der Waals surface area contributed by atoms with Gasteiger partial charge in [-0.2, -0.15) is 8.42 Å². The van der Waals surface area contributed by atoms with Crippen LogP contribution in [0.4, 0.5) is 0 Å². The number of hydrogen-bond acceptors (Lipinski definition) is 11. The molecule has 17 heteroatoms. The summed E-state index contributed by atoms with van der Waals surface area (Å²) in [4.78, 5) is 47.8. The number of carboxylic acid groups (broad SMARTS) is 4. The molecule has 0 aromatic heterocycles. The number of rotatable bonds is 14. The smallest absolute Gasteiger partial charge is 0.507 e. The van der Waals surface area contributed by atoms with Gasteiger partial charge in [-0.15, -0.1) is 0 Å². The van der Waals surface area contributed by atoms with Gasteiger partial charge in [-0.1, -0.05) is 18.2 Å². The predicted molar refractivity (Wildman–Crippen MR) is 161 cm³/mol. The van der Waals surface area contributed by atoms with Crippen LogP contribution in [0.2, 0.25) is 0 Å². The fraction of sp³-hybridized carbons (Fsp3) is 0.290. The van der Waals surface area contributed by atoms with E-state index in [1.165, 1.54) is 56.3 Å². The number of carbonyl (C=O) groups is 4. The van der Waals surface area contributed by atoms with Crippen LogP contribution in [0.5, 0.6) is 11.5 Å². The van der Waals surface area contributed by atoms with Gasteiger partial charge in [0, 0.05) is 29.8 Å². The van der Waals surface area contributed by atoms with Crippen molar-refractivity contribution in [1.82, 2.24) is 9.80 Å². The third kappa shape index (κ3) is 8.15. The summed E-state index contributed by atoms with van der Waals surface area (Å²) in [5.74, 6) is -5.86. The molecule has 0 fully saturated rings. The maximum atomic E-state index is 13.5. The third-order valence-corrected chi connectivity index (χ3v) is 8.93. The van der Waals surface area contributed by atoms with E-state index in [0.29, 0.717) is 0 Å². The number of aryl methyl sites for hydroxylation is 2. The van der Waals surface area contributed by atoms with Crippen molar-refractivity contribution < 1.29 is 92.0 Å². The standard InChI is InChI=1S/C31H32N2O13S.Na/c1-17-7-21(9-19(29(17)42)11-32(13-25(34)35)14-26(36)37)31(23-5-3-4-6-24(23)47(44,45)46-31)22-8-18(2)30(43)20(10-22)12-33(15-27(38)39)16-28(40)41;/h3-10,42-43H,11-16H2,1-2H3,(H,34,35)(H,36,37)(H,38,39)(H,40,41);/q;+1. The number of aliphatic carboxylic acids is 4. The van der Waals surface area contributed by atoms with Crippen molar-refractivity contribution in [3.8, 4) is 11.5 Å². The van der Waals surface area contributed by atoms with Crippen LogP contribution in [-0.2, 0) is 52.2 Å². The summed E-state index contributed by atoms with van der Waals surface area (Å²) in [5, 5.41) is 59.3. The predicted octanol–water partition coefficient (Wildman–Crippen LogP) is -1.33. The van der Waals surface area contributed by atoms with E-state index in [1.807, 2.05) is 0 Å². The third-order valence-electron chi connectivity index (χ3n) is 7.57. The molecule has 250 valence electrons. The first-order valence-electron chi connectivity index (χ1n) is 14.0. The number of phenolic OH excluding ortho intramolecular Hbond substituents is 2. The van der Waals surface area contributed by atoms with Crippen molar-refractivity contribution in [3.05, 3.63) is 87.5 Å². The van der Waals surface area contributed by atoms with Gasteiger partial charge in [0.15, 0.2) is 5.60 Å². The summed E-state index contributed by atoms with van der Waals surface area (Å²) in [6.07, 6.45) is 0. The molecule has 0 bridgehead atoms. The van der Waals surface area contributed by atoms with Crippen molar-refractivity contribution in [1.29, 1.82) is 0 Å². The fourth-order valence-corrected chi connectivity index (χ4v) is 7.17. The summed E-state index contributed by atoms with van der Waals surface area (Å²) in [5.41, 5.74) is -0.973. The van der Waals surface area contributed by atoms with Crippen LogP contribution in [-0.4, -0.2) is 98.9 Å². The first kappa shape index (κ1) is 38.4. The SMILES string of the molecule is Cc1cc(C2(c3cc(C)c(O)c(CN(CC(=O)O)CC(=O)O)c3)OS(=O)(=O)c3ccccc32)cc(CN(CC(=O)O)CC(=O)O)c1O.[Na+]. The Labute approximate surface area is 297 Å². The molecule has 0 saturated carbocycles. The first-order valence-corrected chi connectivity index (χ1v) is 15.4. The Morgan fingerprint density at radius 2 is 1.06 bits per heavy atom. The molecule has 0 radical (unpaired) electrons. The minimum atomic E-state index is -4.45. The minimum absolute atomic E-state index is 0. The van der Waals surface area contributed by atoms with E-state index < -0.39 is 65.8 Å². The van der Waals surface area contributed by atoms with Crippen LogP contribution in [0.25, 0.3) is 0 Å². The second kappa shape index (κ2) is 15.0. The first-order chi connectivity index (χ1) is 21.9. The van der Waals surface area contributed by atoms with Crippen molar-refractivity contribution in [2.45, 2.75) is 37.4 Å². The zero-order valence-corrected chi connectivity index (χ0v) is 29.0. The van der Waals surface area contributed by atoms with Gasteiger partial charge in [0.05, 0.1) is 26.2 Å². The van der Waals surface area contributed by atoms with Crippen LogP contribution in [0.3, 0.4) is 0 Å². The summed E-state index contributed by atoms with van der Waals surface area (Å²) >= 11 is 0. The number of phenols is 2. The maximum Gasteiger partial charge on any atom is 1.00 e. The molecule has 1 aliphatic heterocycles. The monoisotopic (exact) mass is 695 g/mol. The molecule has 15 nitrogen and oxygen atoms in total. The topological polar surface area (TPSA) is 240 Å². The Balaban J connectivity index is 0.00000625. The van der Waals surface area contributed by atoms with Gasteiger partial charge in [0.25, 0.3) is 10.1 Å². The number of aromatic hydroxyl groups is 2. The molecule has 6 N–H and O–H groups in total. The van der Waals surface area contributed by atoms with Crippen LogP contribution >= 0.6 is 0 Å². The Hall–Kier alpha value is -4.03. The summed E-state index contributed by atoms with van der Waals surface area (Å²) in [7, 11) is -4.45. The molecular formula is C31H32N2NaO13S+. The molecular weight excluding hydrogens is 663 g/mol. The second-order valence-corrected chi connectivity index (χ2v) is 12.7. The van der Waals surface area contributed by atoms with E-state index in [9.17, 15) is 58.2 Å². The average molecular weight is 696 g/mol. The van der Waals surface area contributed by atoms with Gasteiger partial charge in [0.1, 0.15) is 16.4 Å². The Morgan fingerprint density at radius 1 is 0.688 bits per heavy atom. The second-order valence-electron chi connectivity index (χ2n) is 11.2. The number of nitrogens with zero attached hydrogens (tertiary/aromatic N) is 2. The summed E-state index contributed by atoms with van der Waals surface area (Å²) in [6, 6.07) is 11.6. The Morgan fingerprint density at radius 3 is 1.44 bits per heavy atom. The normalized spacial score (nSPS) is 14.3. The molecule has 4 rings (SSSR count). The van der Waals surface area contributed by atoms with Crippen LogP contribution in [0.1, 0.15) is 38.9 Å². The van der Waals surface area contributed by atoms with E-state index in [0.717, 1.165) is 9.80 Å². The fourth-order valence-electron chi connectivity index (χ4n) is 5.74. The quantitative estimate of drug-likeness (QED) is 0.0846. The molecule has 48 heavy (non-hydrogen) atoms. The van der Waals surface area contributed by atoms with Crippen LogP contribution in [0.15, 0.2) is 53.4 Å². The van der Waals surface area contributed by atoms with Gasteiger partial charge in [-0.25, -0.2) is 4.18 Å². The molecule has 1 aliphatic rings. The van der Waals surface area contributed by atoms with Gasteiger partial charge in [-0.05, 0) is 66.4 Å². The molecule has 3 aromatic carbocycles. The summed E-state index contributed by atoms with van der Waals surface area (Å²) in [6.45, 7) is -0.434. The Bertz CT molecular complexity index is 1750. The van der Waals surface area contributed by atoms with Gasteiger partial charge >= 0.3 is 53.4 Å². The van der Waals surface area contributed by atoms with Crippen molar-refractivity contribution >= 4 is 34.0 Å². The number of benzene rings is 3. The van der Waals surface area contributed by atoms with E-state index in [1.54, 1.807) is 6.07 Å². The Kier molecular flexibility index (Phi) is 12.0. The van der Waals surface area contributed by atoms with E-state index in [2.05, 4.69) is 0 Å². The molecule has 0 unspecified atom stereocenters. The van der Waals surface area contributed by atoms with E-state index in [4.69, 9.17) is 4.18 Å². The molecule has 0 aliphatic carbocycles. The van der Waals surface area contributed by atoms with Gasteiger partial charge < -0.3 is 30.6 Å². The summed E-state index contributed by atoms with van der Waals surface area (Å²) < 4.78 is 33.0. The van der Waals surface area contributed by atoms with Gasteiger partial charge in [-0.3, -0.25) is 29.0 Å². The average Bonchev–Trinajstić information content (AvgIpc) is 3.20. The number of fused-ring (bicyclic) bond motifs is 1.